The van der Waals surface area contributed by atoms with Crippen molar-refractivity contribution < 1.29 is 9.15 Å². The fraction of sp³-hybridized carbons (Fsp3) is 0.267. The smallest absolute Gasteiger partial charge is 0.209 e. The van der Waals surface area contributed by atoms with Crippen LogP contribution in [0.2, 0.25) is 0 Å². The van der Waals surface area contributed by atoms with Gasteiger partial charge in [-0.05, 0) is 38.5 Å². The lowest BCUT2D eigenvalue weighted by Crippen LogP contribution is -2.05. The SMILES string of the molecule is Cc1oc(N)c(C#N)c1-c1ccc(OC(C)C)cc1. The summed E-state index contributed by atoms with van der Waals surface area (Å²) < 4.78 is 10.9. The molecule has 4 heteroatoms. The van der Waals surface area contributed by atoms with Crippen LogP contribution in [0, 0.1) is 18.3 Å². The Morgan fingerprint density at radius 3 is 2.42 bits per heavy atom. The van der Waals surface area contributed by atoms with Crippen LogP contribution in [0.25, 0.3) is 11.1 Å². The van der Waals surface area contributed by atoms with Gasteiger partial charge in [0.25, 0.3) is 0 Å². The number of hydrogen-bond donors (Lipinski definition) is 1. The van der Waals surface area contributed by atoms with Crippen LogP contribution in [0.15, 0.2) is 28.7 Å². The molecule has 2 rings (SSSR count). The van der Waals surface area contributed by atoms with Crippen molar-refractivity contribution in [3.63, 3.8) is 0 Å². The molecule has 19 heavy (non-hydrogen) atoms. The molecule has 0 saturated carbocycles. The fourth-order valence-corrected chi connectivity index (χ4v) is 2.00. The number of ether oxygens (including phenoxy) is 1. The maximum atomic E-state index is 9.13. The van der Waals surface area contributed by atoms with E-state index < -0.39 is 0 Å². The summed E-state index contributed by atoms with van der Waals surface area (Å²) in [5.74, 6) is 1.61. The van der Waals surface area contributed by atoms with Crippen LogP contribution in [-0.2, 0) is 0 Å². The average Bonchev–Trinajstić information content (AvgIpc) is 2.64. The number of nitrogens with zero attached hydrogens (tertiary/aromatic N) is 1. The number of nitrogen functional groups attached to an aromatic ring is 1. The molecule has 0 saturated heterocycles. The Hall–Kier alpha value is -2.41. The zero-order valence-corrected chi connectivity index (χ0v) is 11.2. The second-order valence-corrected chi connectivity index (χ2v) is 4.58. The summed E-state index contributed by atoms with van der Waals surface area (Å²) in [6.07, 6.45) is 0.131. The predicted molar refractivity (Wildman–Crippen MR) is 73.8 cm³/mol. The third kappa shape index (κ3) is 2.55. The van der Waals surface area contributed by atoms with Crippen molar-refractivity contribution in [1.82, 2.24) is 0 Å². The summed E-state index contributed by atoms with van der Waals surface area (Å²) in [7, 11) is 0. The molecule has 0 unspecified atom stereocenters. The van der Waals surface area contributed by atoms with E-state index in [1.807, 2.05) is 38.1 Å². The van der Waals surface area contributed by atoms with E-state index in [1.54, 1.807) is 6.92 Å². The van der Waals surface area contributed by atoms with E-state index in [0.29, 0.717) is 11.3 Å². The monoisotopic (exact) mass is 256 g/mol. The van der Waals surface area contributed by atoms with Crippen molar-refractivity contribution in [3.05, 3.63) is 35.6 Å². The number of benzene rings is 1. The molecule has 2 N–H and O–H groups in total. The number of nitriles is 1. The Morgan fingerprint density at radius 1 is 1.26 bits per heavy atom. The van der Waals surface area contributed by atoms with Crippen molar-refractivity contribution in [2.45, 2.75) is 26.9 Å². The van der Waals surface area contributed by atoms with Crippen LogP contribution in [0.5, 0.6) is 5.75 Å². The van der Waals surface area contributed by atoms with Crippen molar-refractivity contribution in [1.29, 1.82) is 5.26 Å². The van der Waals surface area contributed by atoms with Crippen molar-refractivity contribution in [3.8, 4) is 22.9 Å². The number of anilines is 1. The number of furan rings is 1. The highest BCUT2D eigenvalue weighted by atomic mass is 16.5. The highest BCUT2D eigenvalue weighted by Crippen LogP contribution is 2.34. The van der Waals surface area contributed by atoms with Gasteiger partial charge in [0, 0.05) is 5.56 Å². The first-order valence-electron chi connectivity index (χ1n) is 6.09. The number of aryl methyl sites for hydroxylation is 1. The Bertz CT molecular complexity index is 619. The molecular weight excluding hydrogens is 240 g/mol. The molecule has 1 heterocycles. The summed E-state index contributed by atoms with van der Waals surface area (Å²) in [5, 5.41) is 9.13. The van der Waals surface area contributed by atoms with Crippen molar-refractivity contribution in [2.75, 3.05) is 5.73 Å². The van der Waals surface area contributed by atoms with Gasteiger partial charge < -0.3 is 14.9 Å². The zero-order valence-electron chi connectivity index (χ0n) is 11.2. The molecule has 0 amide bonds. The summed E-state index contributed by atoms with van der Waals surface area (Å²) in [4.78, 5) is 0. The van der Waals surface area contributed by atoms with Crippen LogP contribution in [0.3, 0.4) is 0 Å². The third-order valence-electron chi connectivity index (χ3n) is 2.74. The molecule has 2 aromatic rings. The number of hydrogen-bond acceptors (Lipinski definition) is 4. The lowest BCUT2D eigenvalue weighted by atomic mass is 10.0. The van der Waals surface area contributed by atoms with Gasteiger partial charge in [-0.3, -0.25) is 0 Å². The van der Waals surface area contributed by atoms with E-state index in [-0.39, 0.29) is 12.0 Å². The van der Waals surface area contributed by atoms with Gasteiger partial charge >= 0.3 is 0 Å². The average molecular weight is 256 g/mol. The minimum Gasteiger partial charge on any atom is -0.491 e. The molecule has 1 aromatic carbocycles. The molecule has 0 spiro atoms. The van der Waals surface area contributed by atoms with E-state index in [0.717, 1.165) is 16.9 Å². The van der Waals surface area contributed by atoms with Crippen LogP contribution in [0.1, 0.15) is 25.2 Å². The van der Waals surface area contributed by atoms with Crippen LogP contribution in [0.4, 0.5) is 5.88 Å². The minimum atomic E-state index is 0.131. The van der Waals surface area contributed by atoms with E-state index in [9.17, 15) is 0 Å². The number of rotatable bonds is 3. The first kappa shape index (κ1) is 13.0. The van der Waals surface area contributed by atoms with Gasteiger partial charge in [0.1, 0.15) is 23.1 Å². The molecule has 0 fully saturated rings. The summed E-state index contributed by atoms with van der Waals surface area (Å²) in [5.41, 5.74) is 7.70. The Morgan fingerprint density at radius 2 is 1.89 bits per heavy atom. The number of nitrogens with two attached hydrogens (primary N) is 1. The lowest BCUT2D eigenvalue weighted by Gasteiger charge is -2.10. The van der Waals surface area contributed by atoms with Gasteiger partial charge in [-0.25, -0.2) is 0 Å². The van der Waals surface area contributed by atoms with Crippen LogP contribution < -0.4 is 10.5 Å². The molecule has 0 aliphatic carbocycles. The second-order valence-electron chi connectivity index (χ2n) is 4.58. The van der Waals surface area contributed by atoms with Gasteiger partial charge in [-0.1, -0.05) is 12.1 Å². The molecule has 0 aliphatic rings. The van der Waals surface area contributed by atoms with Crippen molar-refractivity contribution >= 4 is 5.88 Å². The third-order valence-corrected chi connectivity index (χ3v) is 2.74. The van der Waals surface area contributed by atoms with Gasteiger partial charge in [-0.2, -0.15) is 5.26 Å². The van der Waals surface area contributed by atoms with E-state index >= 15 is 0 Å². The minimum absolute atomic E-state index is 0.131. The largest absolute Gasteiger partial charge is 0.491 e. The topological polar surface area (TPSA) is 72.2 Å². The second kappa shape index (κ2) is 5.07. The fourth-order valence-electron chi connectivity index (χ4n) is 2.00. The normalized spacial score (nSPS) is 10.5. The molecular formula is C15H16N2O2. The van der Waals surface area contributed by atoms with Gasteiger partial charge in [0.15, 0.2) is 0 Å². The van der Waals surface area contributed by atoms with E-state index in [2.05, 4.69) is 6.07 Å². The Balaban J connectivity index is 2.41. The lowest BCUT2D eigenvalue weighted by molar-refractivity contribution is 0.242. The first-order chi connectivity index (χ1) is 9.02. The van der Waals surface area contributed by atoms with E-state index in [4.69, 9.17) is 20.1 Å². The van der Waals surface area contributed by atoms with Crippen molar-refractivity contribution in [2.24, 2.45) is 0 Å². The van der Waals surface area contributed by atoms with E-state index in [1.165, 1.54) is 0 Å². The Labute approximate surface area is 112 Å². The standard InChI is InChI=1S/C15H16N2O2/c1-9(2)18-12-6-4-11(5-7-12)14-10(3)19-15(17)13(14)8-16/h4-7,9H,17H2,1-3H3. The van der Waals surface area contributed by atoms with Crippen LogP contribution >= 0.6 is 0 Å². The molecule has 1 aromatic heterocycles. The quantitative estimate of drug-likeness (QED) is 0.912. The highest BCUT2D eigenvalue weighted by molar-refractivity contribution is 5.77. The van der Waals surface area contributed by atoms with Crippen LogP contribution in [-0.4, -0.2) is 6.10 Å². The molecule has 0 radical (unpaired) electrons. The molecule has 0 aliphatic heterocycles. The molecule has 0 atom stereocenters. The first-order valence-corrected chi connectivity index (χ1v) is 6.09. The maximum Gasteiger partial charge on any atom is 0.209 e. The Kier molecular flexibility index (Phi) is 3.48. The molecule has 98 valence electrons. The maximum absolute atomic E-state index is 9.13. The summed E-state index contributed by atoms with van der Waals surface area (Å²) in [6.45, 7) is 5.75. The zero-order chi connectivity index (χ0) is 14.0. The van der Waals surface area contributed by atoms with Gasteiger partial charge in [0.2, 0.25) is 5.88 Å². The van der Waals surface area contributed by atoms with Gasteiger partial charge in [0.05, 0.1) is 6.10 Å². The molecule has 0 bridgehead atoms. The molecule has 4 nitrogen and oxygen atoms in total. The van der Waals surface area contributed by atoms with Gasteiger partial charge in [-0.15, -0.1) is 0 Å². The predicted octanol–water partition coefficient (Wildman–Crippen LogP) is 3.50. The highest BCUT2D eigenvalue weighted by Gasteiger charge is 2.17. The summed E-state index contributed by atoms with van der Waals surface area (Å²) >= 11 is 0. The summed E-state index contributed by atoms with van der Waals surface area (Å²) in [6, 6.07) is 9.63.